The Bertz CT molecular complexity index is 1160. The molecule has 0 aliphatic rings. The van der Waals surface area contributed by atoms with Gasteiger partial charge >= 0.3 is 0 Å². The molecule has 0 radical (unpaired) electrons. The zero-order chi connectivity index (χ0) is 20.8. The average Bonchev–Trinajstić information content (AvgIpc) is 2.98. The minimum atomic E-state index is -2.28. The maximum Gasteiger partial charge on any atom is 0.287 e. The monoisotopic (exact) mass is 465 g/mol. The van der Waals surface area contributed by atoms with Crippen molar-refractivity contribution in [2.75, 3.05) is 0 Å². The molecule has 0 saturated heterocycles. The van der Waals surface area contributed by atoms with Crippen LogP contribution in [0.15, 0.2) is 71.2 Å². The van der Waals surface area contributed by atoms with Crippen LogP contribution in [0.2, 0.25) is 11.1 Å². The molecule has 0 spiro atoms. The van der Waals surface area contributed by atoms with E-state index in [9.17, 15) is 0 Å². The third-order valence-corrected chi connectivity index (χ3v) is 12.0. The van der Waals surface area contributed by atoms with Crippen LogP contribution in [0.1, 0.15) is 27.7 Å². The lowest BCUT2D eigenvalue weighted by Gasteiger charge is -2.39. The molecule has 4 heteroatoms. The van der Waals surface area contributed by atoms with E-state index in [1.165, 1.54) is 27.0 Å². The zero-order valence-corrected chi connectivity index (χ0v) is 20.3. The molecule has 0 amide bonds. The second kappa shape index (κ2) is 7.65. The summed E-state index contributed by atoms with van der Waals surface area (Å²) in [6, 6.07) is 23.8. The van der Waals surface area contributed by atoms with Crippen molar-refractivity contribution in [2.24, 2.45) is 7.05 Å². The van der Waals surface area contributed by atoms with Gasteiger partial charge in [0.25, 0.3) is 8.32 Å². The third kappa shape index (κ3) is 3.23. The Morgan fingerprint density at radius 3 is 2.07 bits per heavy atom. The molecule has 0 atom stereocenters. The van der Waals surface area contributed by atoms with E-state index in [2.05, 4.69) is 122 Å². The lowest BCUT2D eigenvalue weighted by atomic mass is 10.1. The molecule has 1 heterocycles. The van der Waals surface area contributed by atoms with Gasteiger partial charge in [-0.15, -0.1) is 0 Å². The molecular formula is C25H28BrNOSi. The Morgan fingerprint density at radius 2 is 1.41 bits per heavy atom. The summed E-state index contributed by atoms with van der Waals surface area (Å²) < 4.78 is 10.4. The lowest BCUT2D eigenvalue weighted by Crippen LogP contribution is -2.58. The molecule has 0 fully saturated rings. The Kier molecular flexibility index (Phi) is 5.34. The first-order chi connectivity index (χ1) is 13.9. The van der Waals surface area contributed by atoms with Crippen molar-refractivity contribution in [1.29, 1.82) is 0 Å². The van der Waals surface area contributed by atoms with E-state index in [0.717, 1.165) is 10.2 Å². The number of halogens is 1. The first-order valence-electron chi connectivity index (χ1n) is 10.3. The molecule has 29 heavy (non-hydrogen) atoms. The number of fused-ring (bicyclic) bond motifs is 3. The van der Waals surface area contributed by atoms with Gasteiger partial charge in [-0.2, -0.15) is 0 Å². The molecule has 3 aromatic carbocycles. The first-order valence-corrected chi connectivity index (χ1v) is 13.1. The van der Waals surface area contributed by atoms with Crippen molar-refractivity contribution < 1.29 is 4.43 Å². The number of nitrogens with zero attached hydrogens (tertiary/aromatic N) is 1. The molecule has 0 aliphatic carbocycles. The van der Waals surface area contributed by atoms with Crippen LogP contribution in [0.5, 0.6) is 5.75 Å². The quantitative estimate of drug-likeness (QED) is 0.285. The van der Waals surface area contributed by atoms with Crippen molar-refractivity contribution in [2.45, 2.75) is 38.8 Å². The van der Waals surface area contributed by atoms with Crippen LogP contribution in [-0.2, 0) is 7.05 Å². The van der Waals surface area contributed by atoms with Crippen LogP contribution in [0.3, 0.4) is 0 Å². The number of rotatable bonds is 5. The minimum absolute atomic E-state index is 0.444. The molecule has 4 rings (SSSR count). The smallest absolute Gasteiger partial charge is 0.287 e. The van der Waals surface area contributed by atoms with E-state index in [4.69, 9.17) is 4.43 Å². The Balaban J connectivity index is 1.92. The van der Waals surface area contributed by atoms with Crippen molar-refractivity contribution in [3.63, 3.8) is 0 Å². The molecular weight excluding hydrogens is 438 g/mol. The molecule has 0 bridgehead atoms. The van der Waals surface area contributed by atoms with Gasteiger partial charge in [-0.1, -0.05) is 76.2 Å². The fourth-order valence-corrected chi connectivity index (χ4v) is 9.82. The number of hydrogen-bond acceptors (Lipinski definition) is 1. The molecule has 0 N–H and O–H groups in total. The van der Waals surface area contributed by atoms with Crippen LogP contribution in [-0.4, -0.2) is 12.9 Å². The largest absolute Gasteiger partial charge is 0.538 e. The van der Waals surface area contributed by atoms with E-state index in [0.29, 0.717) is 11.1 Å². The number of hydrogen-bond donors (Lipinski definition) is 0. The predicted octanol–water partition coefficient (Wildman–Crippen LogP) is 7.15. The highest BCUT2D eigenvalue weighted by molar-refractivity contribution is 9.10. The summed E-state index contributed by atoms with van der Waals surface area (Å²) in [5, 5.41) is 3.88. The van der Waals surface area contributed by atoms with Gasteiger partial charge in [0.1, 0.15) is 5.75 Å². The van der Waals surface area contributed by atoms with Gasteiger partial charge in [-0.3, -0.25) is 0 Å². The minimum Gasteiger partial charge on any atom is -0.538 e. The van der Waals surface area contributed by atoms with E-state index < -0.39 is 8.32 Å². The second-order valence-electron chi connectivity index (χ2n) is 8.45. The second-order valence-corrected chi connectivity index (χ2v) is 14.0. The summed E-state index contributed by atoms with van der Waals surface area (Å²) in [4.78, 5) is 0. The summed E-state index contributed by atoms with van der Waals surface area (Å²) in [5.41, 5.74) is 3.33. The van der Waals surface area contributed by atoms with Gasteiger partial charge in [-0.25, -0.2) is 0 Å². The van der Waals surface area contributed by atoms with Gasteiger partial charge < -0.3 is 8.99 Å². The van der Waals surface area contributed by atoms with Crippen molar-refractivity contribution >= 4 is 51.2 Å². The van der Waals surface area contributed by atoms with E-state index in [-0.39, 0.29) is 0 Å². The number of para-hydroxylation sites is 1. The number of benzene rings is 3. The third-order valence-electron chi connectivity index (χ3n) is 6.19. The van der Waals surface area contributed by atoms with Crippen LogP contribution in [0.25, 0.3) is 21.8 Å². The highest BCUT2D eigenvalue weighted by Crippen LogP contribution is 2.40. The van der Waals surface area contributed by atoms with Gasteiger partial charge in [0.15, 0.2) is 0 Å². The van der Waals surface area contributed by atoms with Gasteiger partial charge in [0, 0.05) is 29.4 Å². The summed E-state index contributed by atoms with van der Waals surface area (Å²) in [7, 11) is -0.148. The summed E-state index contributed by atoms with van der Waals surface area (Å²) in [6.45, 7) is 9.23. The van der Waals surface area contributed by atoms with Crippen LogP contribution in [0.4, 0.5) is 0 Å². The predicted molar refractivity (Wildman–Crippen MR) is 131 cm³/mol. The number of aryl methyl sites for hydroxylation is 1. The van der Waals surface area contributed by atoms with Gasteiger partial charge in [-0.05, 0) is 44.3 Å². The summed E-state index contributed by atoms with van der Waals surface area (Å²) in [6.07, 6.45) is 0. The molecule has 2 nitrogen and oxygen atoms in total. The maximum absolute atomic E-state index is 7.08. The molecule has 0 saturated carbocycles. The summed E-state index contributed by atoms with van der Waals surface area (Å²) in [5.74, 6) is 0.946. The molecule has 0 aliphatic heterocycles. The normalized spacial score (nSPS) is 12.4. The van der Waals surface area contributed by atoms with Crippen molar-refractivity contribution in [1.82, 2.24) is 4.57 Å². The average molecular weight is 466 g/mol. The van der Waals surface area contributed by atoms with Crippen LogP contribution in [0, 0.1) is 0 Å². The number of aromatic nitrogens is 1. The van der Waals surface area contributed by atoms with Crippen LogP contribution >= 0.6 is 15.9 Å². The van der Waals surface area contributed by atoms with E-state index in [1.54, 1.807) is 0 Å². The maximum atomic E-state index is 7.08. The zero-order valence-electron chi connectivity index (χ0n) is 17.7. The Hall–Kier alpha value is -2.04. The lowest BCUT2D eigenvalue weighted by molar-refractivity contribution is 0.513. The van der Waals surface area contributed by atoms with Crippen molar-refractivity contribution in [3.05, 3.63) is 71.2 Å². The van der Waals surface area contributed by atoms with Gasteiger partial charge in [0.05, 0.1) is 9.99 Å². The highest BCUT2D eigenvalue weighted by Gasteiger charge is 2.46. The molecule has 150 valence electrons. The van der Waals surface area contributed by atoms with Crippen molar-refractivity contribution in [3.8, 4) is 5.75 Å². The fraction of sp³-hybridized carbons (Fsp3) is 0.280. The standard InChI is InChI=1S/C25H28BrNOSi/c1-17(2)29(18(3)4,19-11-7-6-8-12-19)28-25-16-24-21(15-22(25)26)20-13-9-10-14-23(20)27(24)5/h6-18H,1-5H3. The SMILES string of the molecule is CC(C)[Si](Oc1cc2c(cc1Br)c1ccccc1n2C)(c1ccccc1)C(C)C. The summed E-state index contributed by atoms with van der Waals surface area (Å²) >= 11 is 3.82. The highest BCUT2D eigenvalue weighted by atomic mass is 79.9. The molecule has 4 aromatic rings. The molecule has 0 unspecified atom stereocenters. The first kappa shape index (κ1) is 20.2. The Labute approximate surface area is 182 Å². The topological polar surface area (TPSA) is 14.2 Å². The van der Waals surface area contributed by atoms with Gasteiger partial charge in [0.2, 0.25) is 0 Å². The van der Waals surface area contributed by atoms with E-state index in [1.807, 2.05) is 0 Å². The fourth-order valence-electron chi connectivity index (χ4n) is 4.75. The Morgan fingerprint density at radius 1 is 0.793 bits per heavy atom. The van der Waals surface area contributed by atoms with Crippen LogP contribution < -0.4 is 9.61 Å². The van der Waals surface area contributed by atoms with E-state index >= 15 is 0 Å². The molecule has 1 aromatic heterocycles.